The summed E-state index contributed by atoms with van der Waals surface area (Å²) in [4.78, 5) is 30.7. The van der Waals surface area contributed by atoms with Crippen molar-refractivity contribution in [3.8, 4) is 5.75 Å². The van der Waals surface area contributed by atoms with Gasteiger partial charge in [-0.1, -0.05) is 42.5 Å². The molecule has 2 aromatic carbocycles. The van der Waals surface area contributed by atoms with Crippen molar-refractivity contribution < 1.29 is 14.3 Å². The molecule has 1 N–H and O–H groups in total. The number of hydrogen-bond donors (Lipinski definition) is 1. The van der Waals surface area contributed by atoms with Gasteiger partial charge in [-0.3, -0.25) is 9.59 Å². The Morgan fingerprint density at radius 1 is 1.03 bits per heavy atom. The summed E-state index contributed by atoms with van der Waals surface area (Å²) in [7, 11) is 1.66. The summed E-state index contributed by atoms with van der Waals surface area (Å²) in [6, 6.07) is 20.0. The summed E-state index contributed by atoms with van der Waals surface area (Å²) in [5.74, 6) is 1.12. The molecule has 8 heteroatoms. The molecule has 2 aliphatic heterocycles. The standard InChI is InChI=1S/C30H35N3O3S.ClH/c1-36-26-9-7-23(8-10-26)21-33-19-15-30(29(33)35)13-17-32(18-14-30)16-11-27(24-5-3-2-4-6-24)31-28(34)25-12-20-37-22-25;/h2-10,12,20,22,27H,11,13-19,21H2,1H3,(H,31,34);1H/t27-;/m0./s1. The van der Waals surface area contributed by atoms with Gasteiger partial charge in [-0.15, -0.1) is 12.4 Å². The minimum Gasteiger partial charge on any atom is -0.497 e. The summed E-state index contributed by atoms with van der Waals surface area (Å²) < 4.78 is 5.25. The number of amides is 2. The third-order valence-corrected chi connectivity index (χ3v) is 8.65. The number of nitrogens with one attached hydrogen (secondary N) is 1. The lowest BCUT2D eigenvalue weighted by Crippen LogP contribution is -2.45. The lowest BCUT2D eigenvalue weighted by molar-refractivity contribution is -0.138. The summed E-state index contributed by atoms with van der Waals surface area (Å²) >= 11 is 1.53. The first-order chi connectivity index (χ1) is 18.1. The second-order valence-electron chi connectivity index (χ2n) is 10.2. The Labute approximate surface area is 235 Å². The quantitative estimate of drug-likeness (QED) is 0.377. The lowest BCUT2D eigenvalue weighted by Gasteiger charge is -2.38. The molecule has 0 radical (unpaired) electrons. The Kier molecular flexibility index (Phi) is 9.47. The highest BCUT2D eigenvalue weighted by Gasteiger charge is 2.47. The Balaban J connectivity index is 0.00000336. The van der Waals surface area contributed by atoms with Crippen molar-refractivity contribution in [1.82, 2.24) is 15.1 Å². The fraction of sp³-hybridized carbons (Fsp3) is 0.400. The van der Waals surface area contributed by atoms with E-state index in [0.29, 0.717) is 18.0 Å². The topological polar surface area (TPSA) is 61.9 Å². The molecule has 1 atom stereocenters. The number of nitrogens with zero attached hydrogens (tertiary/aromatic N) is 2. The summed E-state index contributed by atoms with van der Waals surface area (Å²) in [6.45, 7) is 4.22. The van der Waals surface area contributed by atoms with Gasteiger partial charge in [-0.2, -0.15) is 11.3 Å². The number of halogens is 1. The van der Waals surface area contributed by atoms with Crippen LogP contribution in [0.4, 0.5) is 0 Å². The lowest BCUT2D eigenvalue weighted by atomic mass is 9.77. The maximum Gasteiger partial charge on any atom is 0.252 e. The van der Waals surface area contributed by atoms with Gasteiger partial charge in [0, 0.05) is 25.0 Å². The molecule has 202 valence electrons. The van der Waals surface area contributed by atoms with Crippen molar-refractivity contribution in [1.29, 1.82) is 0 Å². The SMILES string of the molecule is COc1ccc(CN2CCC3(CCN(CC[C@H](NC(=O)c4ccsc4)c4ccccc4)CC3)C2=O)cc1.Cl. The third-order valence-electron chi connectivity index (χ3n) is 7.97. The van der Waals surface area contributed by atoms with Crippen molar-refractivity contribution in [2.24, 2.45) is 5.41 Å². The number of benzene rings is 2. The second-order valence-corrected chi connectivity index (χ2v) is 11.0. The molecular formula is C30H36ClN3O3S. The van der Waals surface area contributed by atoms with Crippen molar-refractivity contribution >= 4 is 35.6 Å². The molecule has 1 aromatic heterocycles. The van der Waals surface area contributed by atoms with Crippen molar-refractivity contribution in [3.05, 3.63) is 88.1 Å². The van der Waals surface area contributed by atoms with Gasteiger partial charge in [0.2, 0.25) is 5.91 Å². The van der Waals surface area contributed by atoms with E-state index in [4.69, 9.17) is 4.74 Å². The van der Waals surface area contributed by atoms with Crippen LogP contribution in [0.5, 0.6) is 5.75 Å². The summed E-state index contributed by atoms with van der Waals surface area (Å²) in [6.07, 6.45) is 3.59. The van der Waals surface area contributed by atoms with Gasteiger partial charge in [0.1, 0.15) is 5.75 Å². The summed E-state index contributed by atoms with van der Waals surface area (Å²) in [5.41, 5.74) is 2.76. The van der Waals surface area contributed by atoms with E-state index in [1.165, 1.54) is 11.3 Å². The monoisotopic (exact) mass is 553 g/mol. The first-order valence-electron chi connectivity index (χ1n) is 13.1. The third kappa shape index (κ3) is 6.40. The van der Waals surface area contributed by atoms with Crippen molar-refractivity contribution in [3.63, 3.8) is 0 Å². The normalized spacial score (nSPS) is 17.7. The maximum atomic E-state index is 13.4. The van der Waals surface area contributed by atoms with Crippen LogP contribution in [0.25, 0.3) is 0 Å². The van der Waals surface area contributed by atoms with Crippen LogP contribution in [0.2, 0.25) is 0 Å². The van der Waals surface area contributed by atoms with Gasteiger partial charge in [0.15, 0.2) is 0 Å². The van der Waals surface area contributed by atoms with Crippen LogP contribution in [0.15, 0.2) is 71.4 Å². The smallest absolute Gasteiger partial charge is 0.252 e. The van der Waals surface area contributed by atoms with Crippen LogP contribution in [-0.4, -0.2) is 54.9 Å². The zero-order valence-electron chi connectivity index (χ0n) is 21.8. The highest BCUT2D eigenvalue weighted by atomic mass is 35.5. The van der Waals surface area contributed by atoms with E-state index >= 15 is 0 Å². The number of methoxy groups -OCH3 is 1. The number of rotatable bonds is 9. The van der Waals surface area contributed by atoms with Crippen LogP contribution in [0.3, 0.4) is 0 Å². The van der Waals surface area contributed by atoms with Crippen LogP contribution in [-0.2, 0) is 11.3 Å². The molecule has 2 aliphatic rings. The number of carbonyl (C=O) groups excluding carboxylic acids is 2. The fourth-order valence-corrected chi connectivity index (χ4v) is 6.25. The number of thiophene rings is 1. The van der Waals surface area contributed by atoms with Crippen molar-refractivity contribution in [2.75, 3.05) is 33.3 Å². The van der Waals surface area contributed by atoms with E-state index in [2.05, 4.69) is 22.3 Å². The number of hydrogen-bond acceptors (Lipinski definition) is 5. The van der Waals surface area contributed by atoms with E-state index in [0.717, 1.165) is 68.7 Å². The minimum atomic E-state index is -0.213. The Morgan fingerprint density at radius 2 is 1.74 bits per heavy atom. The van der Waals surface area contributed by atoms with Crippen molar-refractivity contribution in [2.45, 2.75) is 38.3 Å². The average Bonchev–Trinajstić information content (AvgIpc) is 3.58. The van der Waals surface area contributed by atoms with Gasteiger partial charge < -0.3 is 19.9 Å². The average molecular weight is 554 g/mol. The predicted molar refractivity (Wildman–Crippen MR) is 154 cm³/mol. The van der Waals surface area contributed by atoms with Crippen LogP contribution in [0.1, 0.15) is 53.2 Å². The molecule has 2 saturated heterocycles. The first kappa shape index (κ1) is 28.1. The fourth-order valence-electron chi connectivity index (χ4n) is 5.62. The Morgan fingerprint density at radius 3 is 2.39 bits per heavy atom. The number of likely N-dealkylation sites (tertiary alicyclic amines) is 2. The van der Waals surface area contributed by atoms with Gasteiger partial charge in [0.05, 0.1) is 24.1 Å². The van der Waals surface area contributed by atoms with E-state index in [1.54, 1.807) is 7.11 Å². The van der Waals surface area contributed by atoms with E-state index < -0.39 is 0 Å². The van der Waals surface area contributed by atoms with Gasteiger partial charge in [-0.25, -0.2) is 0 Å². The van der Waals surface area contributed by atoms with Crippen LogP contribution < -0.4 is 10.1 Å². The van der Waals surface area contributed by atoms with Gasteiger partial charge in [-0.05, 0) is 73.5 Å². The molecule has 0 saturated carbocycles. The van der Waals surface area contributed by atoms with Crippen LogP contribution >= 0.6 is 23.7 Å². The number of carbonyl (C=O) groups is 2. The molecule has 3 heterocycles. The molecule has 2 fully saturated rings. The molecule has 38 heavy (non-hydrogen) atoms. The molecular weight excluding hydrogens is 518 g/mol. The highest BCUT2D eigenvalue weighted by Crippen LogP contribution is 2.42. The highest BCUT2D eigenvalue weighted by molar-refractivity contribution is 7.08. The zero-order valence-corrected chi connectivity index (χ0v) is 23.4. The second kappa shape index (κ2) is 12.8. The zero-order chi connectivity index (χ0) is 25.7. The molecule has 6 nitrogen and oxygen atoms in total. The largest absolute Gasteiger partial charge is 0.497 e. The maximum absolute atomic E-state index is 13.4. The molecule has 0 bridgehead atoms. The molecule has 0 unspecified atom stereocenters. The molecule has 0 aliphatic carbocycles. The number of piperidine rings is 1. The van der Waals surface area contributed by atoms with E-state index in [9.17, 15) is 9.59 Å². The predicted octanol–water partition coefficient (Wildman–Crippen LogP) is 5.55. The van der Waals surface area contributed by atoms with Gasteiger partial charge >= 0.3 is 0 Å². The first-order valence-corrected chi connectivity index (χ1v) is 14.0. The molecule has 3 aromatic rings. The minimum absolute atomic E-state index is 0. The molecule has 2 amide bonds. The van der Waals surface area contributed by atoms with Crippen LogP contribution in [0, 0.1) is 5.41 Å². The molecule has 5 rings (SSSR count). The Bertz CT molecular complexity index is 1180. The number of ether oxygens (including phenoxy) is 1. The van der Waals surface area contributed by atoms with E-state index in [1.807, 2.05) is 64.2 Å². The Hall–Kier alpha value is -2.87. The van der Waals surface area contributed by atoms with Gasteiger partial charge in [0.25, 0.3) is 5.91 Å². The summed E-state index contributed by atoms with van der Waals surface area (Å²) in [5, 5.41) is 7.06. The van der Waals surface area contributed by atoms with E-state index in [-0.39, 0.29) is 29.8 Å². The molecule has 1 spiro atoms.